The van der Waals surface area contributed by atoms with E-state index in [0.717, 1.165) is 12.1 Å². The van der Waals surface area contributed by atoms with Crippen LogP contribution < -0.4 is 5.32 Å². The third-order valence-corrected chi connectivity index (χ3v) is 4.29. The Labute approximate surface area is 166 Å². The molecule has 2 heterocycles. The molecule has 0 fully saturated rings. The second kappa shape index (κ2) is 8.65. The first kappa shape index (κ1) is 20.9. The van der Waals surface area contributed by atoms with Crippen molar-refractivity contribution in [2.24, 2.45) is 0 Å². The molecule has 0 aliphatic carbocycles. The fourth-order valence-corrected chi connectivity index (χ4v) is 2.92. The highest BCUT2D eigenvalue weighted by molar-refractivity contribution is 5.95. The average molecular weight is 405 g/mol. The van der Waals surface area contributed by atoms with E-state index in [1.807, 2.05) is 13.8 Å². The Morgan fingerprint density at radius 1 is 1.21 bits per heavy atom. The maximum atomic E-state index is 13.1. The van der Waals surface area contributed by atoms with Gasteiger partial charge in [0.2, 0.25) is 0 Å². The van der Waals surface area contributed by atoms with Crippen LogP contribution in [0.5, 0.6) is 0 Å². The number of benzene rings is 1. The molecule has 1 amide bonds. The van der Waals surface area contributed by atoms with E-state index in [-0.39, 0.29) is 11.8 Å². The van der Waals surface area contributed by atoms with Gasteiger partial charge in [0.1, 0.15) is 5.69 Å². The molecule has 0 aliphatic rings. The standard InChI is InChI=1S/C21H22F3N3O2/c1-14(2)29-11-5-9-25-20(28)18-13-17(19-8-4-10-27(19)26-18)15-6-3-7-16(12-15)21(22,23)24/h3-4,6-8,10,12-14H,5,9,11H2,1-2H3,(H,25,28). The van der Waals surface area contributed by atoms with Crippen molar-refractivity contribution in [2.75, 3.05) is 13.2 Å². The van der Waals surface area contributed by atoms with Crippen LogP contribution >= 0.6 is 0 Å². The Morgan fingerprint density at radius 3 is 2.72 bits per heavy atom. The quantitative estimate of drug-likeness (QED) is 0.586. The molecule has 0 spiro atoms. The van der Waals surface area contributed by atoms with Crippen LogP contribution in [0.15, 0.2) is 48.7 Å². The van der Waals surface area contributed by atoms with E-state index in [1.54, 1.807) is 24.4 Å². The lowest BCUT2D eigenvalue weighted by molar-refractivity contribution is -0.137. The molecule has 154 valence electrons. The van der Waals surface area contributed by atoms with Gasteiger partial charge in [0.25, 0.3) is 5.91 Å². The minimum atomic E-state index is -4.44. The number of hydrogen-bond acceptors (Lipinski definition) is 3. The van der Waals surface area contributed by atoms with Crippen molar-refractivity contribution < 1.29 is 22.7 Å². The van der Waals surface area contributed by atoms with Crippen LogP contribution in [-0.2, 0) is 10.9 Å². The smallest absolute Gasteiger partial charge is 0.379 e. The molecule has 5 nitrogen and oxygen atoms in total. The van der Waals surface area contributed by atoms with Crippen LogP contribution in [0.25, 0.3) is 16.6 Å². The molecule has 3 aromatic rings. The maximum absolute atomic E-state index is 13.1. The number of nitrogens with zero attached hydrogens (tertiary/aromatic N) is 2. The van der Waals surface area contributed by atoms with Crippen LogP contribution in [0.4, 0.5) is 13.2 Å². The number of carbonyl (C=O) groups excluding carboxylic acids is 1. The SMILES string of the molecule is CC(C)OCCCNC(=O)c1cc(-c2cccc(C(F)(F)F)c2)c2cccn2n1. The van der Waals surface area contributed by atoms with Gasteiger partial charge in [-0.25, -0.2) is 4.52 Å². The predicted molar refractivity (Wildman–Crippen MR) is 104 cm³/mol. The number of rotatable bonds is 7. The number of ether oxygens (including phenoxy) is 1. The normalized spacial score (nSPS) is 11.9. The summed E-state index contributed by atoms with van der Waals surface area (Å²) in [6.45, 7) is 4.81. The van der Waals surface area contributed by atoms with Gasteiger partial charge < -0.3 is 10.1 Å². The summed E-state index contributed by atoms with van der Waals surface area (Å²) in [6.07, 6.45) is -2.02. The number of fused-ring (bicyclic) bond motifs is 1. The summed E-state index contributed by atoms with van der Waals surface area (Å²) >= 11 is 0. The van der Waals surface area contributed by atoms with E-state index in [4.69, 9.17) is 4.74 Å². The lowest BCUT2D eigenvalue weighted by Crippen LogP contribution is -2.27. The van der Waals surface area contributed by atoms with E-state index in [1.165, 1.54) is 16.6 Å². The molecule has 0 saturated heterocycles. The van der Waals surface area contributed by atoms with Crippen molar-refractivity contribution in [1.82, 2.24) is 14.9 Å². The Morgan fingerprint density at radius 2 is 2.00 bits per heavy atom. The van der Waals surface area contributed by atoms with Gasteiger partial charge in [0, 0.05) is 24.9 Å². The zero-order chi connectivity index (χ0) is 21.0. The number of alkyl halides is 3. The monoisotopic (exact) mass is 405 g/mol. The van der Waals surface area contributed by atoms with Crippen LogP contribution in [0.2, 0.25) is 0 Å². The Balaban J connectivity index is 1.86. The number of hydrogen-bond donors (Lipinski definition) is 1. The Hall–Kier alpha value is -2.87. The van der Waals surface area contributed by atoms with Crippen molar-refractivity contribution in [3.05, 3.63) is 59.9 Å². The predicted octanol–water partition coefficient (Wildman–Crippen LogP) is 4.57. The zero-order valence-electron chi connectivity index (χ0n) is 16.2. The van der Waals surface area contributed by atoms with Gasteiger partial charge in [-0.2, -0.15) is 18.3 Å². The summed E-state index contributed by atoms with van der Waals surface area (Å²) in [4.78, 5) is 12.5. The highest BCUT2D eigenvalue weighted by Gasteiger charge is 2.30. The first-order valence-corrected chi connectivity index (χ1v) is 9.31. The third kappa shape index (κ3) is 5.14. The van der Waals surface area contributed by atoms with Crippen molar-refractivity contribution in [3.8, 4) is 11.1 Å². The highest BCUT2D eigenvalue weighted by atomic mass is 19.4. The van der Waals surface area contributed by atoms with Gasteiger partial charge in [-0.05, 0) is 56.2 Å². The fraction of sp³-hybridized carbons (Fsp3) is 0.333. The largest absolute Gasteiger partial charge is 0.416 e. The summed E-state index contributed by atoms with van der Waals surface area (Å²) < 4.78 is 46.2. The van der Waals surface area contributed by atoms with Crippen molar-refractivity contribution in [2.45, 2.75) is 32.5 Å². The molecule has 1 aromatic carbocycles. The van der Waals surface area contributed by atoms with Crippen LogP contribution in [0.1, 0.15) is 36.3 Å². The van der Waals surface area contributed by atoms with Gasteiger partial charge in [-0.1, -0.05) is 12.1 Å². The van der Waals surface area contributed by atoms with Gasteiger partial charge in [0.05, 0.1) is 17.2 Å². The number of nitrogens with one attached hydrogen (secondary N) is 1. The van der Waals surface area contributed by atoms with Gasteiger partial charge >= 0.3 is 6.18 Å². The third-order valence-electron chi connectivity index (χ3n) is 4.29. The Kier molecular flexibility index (Phi) is 6.22. The molecule has 29 heavy (non-hydrogen) atoms. The van der Waals surface area contributed by atoms with E-state index < -0.39 is 17.6 Å². The molecule has 0 unspecified atom stereocenters. The molecule has 0 atom stereocenters. The van der Waals surface area contributed by atoms with Gasteiger partial charge in [-0.15, -0.1) is 0 Å². The van der Waals surface area contributed by atoms with Crippen LogP contribution in [-0.4, -0.2) is 34.8 Å². The second-order valence-electron chi connectivity index (χ2n) is 6.89. The molecule has 2 aromatic heterocycles. The lowest BCUT2D eigenvalue weighted by atomic mass is 10.0. The molecule has 0 aliphatic heterocycles. The summed E-state index contributed by atoms with van der Waals surface area (Å²) in [6, 6.07) is 10.0. The summed E-state index contributed by atoms with van der Waals surface area (Å²) in [5, 5.41) is 7.04. The van der Waals surface area contributed by atoms with E-state index in [2.05, 4.69) is 10.4 Å². The number of aromatic nitrogens is 2. The lowest BCUT2D eigenvalue weighted by Gasteiger charge is -2.12. The molecular weight excluding hydrogens is 383 g/mol. The summed E-state index contributed by atoms with van der Waals surface area (Å²) in [5.41, 5.74) is 0.875. The molecule has 0 saturated carbocycles. The fourth-order valence-electron chi connectivity index (χ4n) is 2.92. The molecule has 1 N–H and O–H groups in total. The minimum Gasteiger partial charge on any atom is -0.379 e. The topological polar surface area (TPSA) is 55.6 Å². The minimum absolute atomic E-state index is 0.124. The van der Waals surface area contributed by atoms with Crippen molar-refractivity contribution in [3.63, 3.8) is 0 Å². The van der Waals surface area contributed by atoms with E-state index >= 15 is 0 Å². The van der Waals surface area contributed by atoms with Gasteiger partial charge in [0.15, 0.2) is 0 Å². The number of halogens is 3. The number of amides is 1. The van der Waals surface area contributed by atoms with Crippen LogP contribution in [0.3, 0.4) is 0 Å². The van der Waals surface area contributed by atoms with Crippen molar-refractivity contribution >= 4 is 11.4 Å². The molecule has 3 rings (SSSR count). The summed E-state index contributed by atoms with van der Waals surface area (Å²) in [7, 11) is 0. The average Bonchev–Trinajstić information content (AvgIpc) is 3.14. The van der Waals surface area contributed by atoms with E-state index in [9.17, 15) is 18.0 Å². The molecule has 8 heteroatoms. The van der Waals surface area contributed by atoms with E-state index in [0.29, 0.717) is 36.2 Å². The molecule has 0 radical (unpaired) electrons. The first-order valence-electron chi connectivity index (χ1n) is 9.31. The zero-order valence-corrected chi connectivity index (χ0v) is 16.2. The summed E-state index contributed by atoms with van der Waals surface area (Å²) in [5.74, 6) is -0.390. The first-order chi connectivity index (χ1) is 13.8. The van der Waals surface area contributed by atoms with Gasteiger partial charge in [-0.3, -0.25) is 4.79 Å². The number of carbonyl (C=O) groups is 1. The molecular formula is C21H22F3N3O2. The van der Waals surface area contributed by atoms with Crippen LogP contribution in [0, 0.1) is 0 Å². The van der Waals surface area contributed by atoms with Crippen molar-refractivity contribution in [1.29, 1.82) is 0 Å². The second-order valence-corrected chi connectivity index (χ2v) is 6.89. The Bertz CT molecular complexity index is 996. The molecule has 0 bridgehead atoms. The highest BCUT2D eigenvalue weighted by Crippen LogP contribution is 2.33. The maximum Gasteiger partial charge on any atom is 0.416 e.